The standard InChI is InChI=1S/C16H25N5O2/c1-16(2,3)21-15(17-18-19-21)14(20(4)5)11-8-9-12(22-6)13(10-11)23-7/h8-10,14H,1-7H3/p+1/t14-/m0/s1. The lowest BCUT2D eigenvalue weighted by atomic mass is 10.0. The average Bonchev–Trinajstić information content (AvgIpc) is 2.96. The van der Waals surface area contributed by atoms with Crippen molar-refractivity contribution in [2.45, 2.75) is 32.4 Å². The highest BCUT2D eigenvalue weighted by Gasteiger charge is 2.31. The molecule has 0 spiro atoms. The second kappa shape index (κ2) is 6.54. The van der Waals surface area contributed by atoms with E-state index in [4.69, 9.17) is 9.47 Å². The minimum atomic E-state index is -0.191. The van der Waals surface area contributed by atoms with Gasteiger partial charge in [-0.1, -0.05) is 0 Å². The molecule has 1 aromatic heterocycles. The van der Waals surface area contributed by atoms with Crippen molar-refractivity contribution in [3.8, 4) is 11.5 Å². The molecule has 0 aliphatic carbocycles. The van der Waals surface area contributed by atoms with E-state index in [-0.39, 0.29) is 11.6 Å². The fourth-order valence-electron chi connectivity index (χ4n) is 2.62. The Balaban J connectivity index is 2.55. The van der Waals surface area contributed by atoms with Crippen LogP contribution in [-0.2, 0) is 5.54 Å². The third-order valence-corrected chi connectivity index (χ3v) is 3.71. The molecule has 0 aliphatic heterocycles. The number of quaternary nitrogens is 1. The Morgan fingerprint density at radius 1 is 1.09 bits per heavy atom. The summed E-state index contributed by atoms with van der Waals surface area (Å²) in [5, 5.41) is 12.4. The molecular weight excluding hydrogens is 294 g/mol. The molecule has 1 aromatic carbocycles. The maximum absolute atomic E-state index is 5.43. The molecule has 1 heterocycles. The first kappa shape index (κ1) is 17.2. The third kappa shape index (κ3) is 3.44. The predicted molar refractivity (Wildman–Crippen MR) is 87.0 cm³/mol. The van der Waals surface area contributed by atoms with Gasteiger partial charge in [-0.15, -0.1) is 5.10 Å². The van der Waals surface area contributed by atoms with Gasteiger partial charge in [0.25, 0.3) is 0 Å². The van der Waals surface area contributed by atoms with Crippen molar-refractivity contribution in [1.29, 1.82) is 0 Å². The maximum Gasteiger partial charge on any atom is 0.214 e. The number of nitrogens with one attached hydrogen (secondary N) is 1. The van der Waals surface area contributed by atoms with Crippen molar-refractivity contribution in [2.75, 3.05) is 28.3 Å². The van der Waals surface area contributed by atoms with E-state index in [1.807, 2.05) is 22.9 Å². The molecule has 2 aromatic rings. The van der Waals surface area contributed by atoms with Crippen molar-refractivity contribution >= 4 is 0 Å². The third-order valence-electron chi connectivity index (χ3n) is 3.71. The SMILES string of the molecule is COc1ccc([C@@H](c2nnnn2C(C)(C)C)[NH+](C)C)cc1OC. The topological polar surface area (TPSA) is 66.5 Å². The van der Waals surface area contributed by atoms with Crippen LogP contribution >= 0.6 is 0 Å². The smallest absolute Gasteiger partial charge is 0.214 e. The Morgan fingerprint density at radius 2 is 1.74 bits per heavy atom. The van der Waals surface area contributed by atoms with Gasteiger partial charge >= 0.3 is 0 Å². The van der Waals surface area contributed by atoms with Gasteiger partial charge < -0.3 is 14.4 Å². The van der Waals surface area contributed by atoms with Crippen molar-refractivity contribution in [1.82, 2.24) is 20.2 Å². The van der Waals surface area contributed by atoms with E-state index >= 15 is 0 Å². The molecule has 0 aliphatic rings. The van der Waals surface area contributed by atoms with Gasteiger partial charge in [0.2, 0.25) is 5.82 Å². The maximum atomic E-state index is 5.43. The number of aromatic nitrogens is 4. The second-order valence-corrected chi connectivity index (χ2v) is 6.74. The minimum absolute atomic E-state index is 0.0102. The average molecular weight is 320 g/mol. The molecule has 1 N–H and O–H groups in total. The summed E-state index contributed by atoms with van der Waals surface area (Å²) in [7, 11) is 7.44. The molecule has 7 nitrogen and oxygen atoms in total. The lowest BCUT2D eigenvalue weighted by Crippen LogP contribution is -3.06. The summed E-state index contributed by atoms with van der Waals surface area (Å²) >= 11 is 0. The molecule has 2 rings (SSSR count). The Bertz CT molecular complexity index is 661. The highest BCUT2D eigenvalue weighted by Crippen LogP contribution is 2.31. The van der Waals surface area contributed by atoms with E-state index in [1.54, 1.807) is 14.2 Å². The number of tetrazole rings is 1. The van der Waals surface area contributed by atoms with Crippen LogP contribution in [0.15, 0.2) is 18.2 Å². The first-order chi connectivity index (χ1) is 10.8. The monoisotopic (exact) mass is 320 g/mol. The van der Waals surface area contributed by atoms with Gasteiger partial charge in [-0.25, -0.2) is 4.68 Å². The zero-order valence-corrected chi connectivity index (χ0v) is 14.9. The van der Waals surface area contributed by atoms with Crippen LogP contribution in [0.1, 0.15) is 38.2 Å². The summed E-state index contributed by atoms with van der Waals surface area (Å²) in [6, 6.07) is 5.91. The van der Waals surface area contributed by atoms with E-state index in [2.05, 4.69) is 50.4 Å². The van der Waals surface area contributed by atoms with E-state index in [1.165, 1.54) is 4.90 Å². The number of nitrogens with zero attached hydrogens (tertiary/aromatic N) is 4. The molecule has 0 fully saturated rings. The van der Waals surface area contributed by atoms with Gasteiger partial charge in [-0.3, -0.25) is 0 Å². The number of hydrogen-bond donors (Lipinski definition) is 1. The summed E-state index contributed by atoms with van der Waals surface area (Å²) in [5.74, 6) is 2.23. The van der Waals surface area contributed by atoms with Crippen LogP contribution in [0.5, 0.6) is 11.5 Å². The summed E-state index contributed by atoms with van der Waals surface area (Å²) in [6.07, 6.45) is 0. The van der Waals surface area contributed by atoms with E-state index in [0.717, 1.165) is 11.4 Å². The Morgan fingerprint density at radius 3 is 2.26 bits per heavy atom. The highest BCUT2D eigenvalue weighted by molar-refractivity contribution is 5.44. The van der Waals surface area contributed by atoms with Crippen molar-refractivity contribution in [2.24, 2.45) is 0 Å². The van der Waals surface area contributed by atoms with Crippen LogP contribution in [0.2, 0.25) is 0 Å². The number of hydrogen-bond acceptors (Lipinski definition) is 5. The van der Waals surface area contributed by atoms with Crippen molar-refractivity contribution < 1.29 is 14.4 Å². The van der Waals surface area contributed by atoms with Crippen LogP contribution in [0.25, 0.3) is 0 Å². The van der Waals surface area contributed by atoms with E-state index < -0.39 is 0 Å². The van der Waals surface area contributed by atoms with E-state index in [0.29, 0.717) is 11.5 Å². The largest absolute Gasteiger partial charge is 0.493 e. The molecule has 0 radical (unpaired) electrons. The minimum Gasteiger partial charge on any atom is -0.493 e. The fourth-order valence-corrected chi connectivity index (χ4v) is 2.62. The number of methoxy groups -OCH3 is 2. The molecule has 0 bridgehead atoms. The van der Waals surface area contributed by atoms with Crippen molar-refractivity contribution in [3.05, 3.63) is 29.6 Å². The molecule has 0 amide bonds. The fraction of sp³-hybridized carbons (Fsp3) is 0.562. The quantitative estimate of drug-likeness (QED) is 0.877. The van der Waals surface area contributed by atoms with Crippen LogP contribution < -0.4 is 14.4 Å². The van der Waals surface area contributed by atoms with Crippen LogP contribution in [0.3, 0.4) is 0 Å². The van der Waals surface area contributed by atoms with Gasteiger partial charge in [0, 0.05) is 5.56 Å². The van der Waals surface area contributed by atoms with Crippen LogP contribution in [0, 0.1) is 0 Å². The number of benzene rings is 1. The van der Waals surface area contributed by atoms with Crippen LogP contribution in [0.4, 0.5) is 0 Å². The summed E-state index contributed by atoms with van der Waals surface area (Å²) in [6.45, 7) is 6.26. The summed E-state index contributed by atoms with van der Waals surface area (Å²) in [5.41, 5.74) is 0.881. The molecule has 23 heavy (non-hydrogen) atoms. The first-order valence-corrected chi connectivity index (χ1v) is 7.60. The highest BCUT2D eigenvalue weighted by atomic mass is 16.5. The molecule has 0 saturated heterocycles. The van der Waals surface area contributed by atoms with Gasteiger partial charge in [-0.05, 0) is 49.4 Å². The first-order valence-electron chi connectivity index (χ1n) is 7.60. The normalized spacial score (nSPS) is 13.2. The van der Waals surface area contributed by atoms with Gasteiger partial charge in [0.15, 0.2) is 17.5 Å². The Labute approximate surface area is 137 Å². The van der Waals surface area contributed by atoms with Gasteiger partial charge in [0.1, 0.15) is 0 Å². The molecule has 0 unspecified atom stereocenters. The molecule has 1 atom stereocenters. The summed E-state index contributed by atoms with van der Waals surface area (Å²) < 4.78 is 12.6. The molecular formula is C16H26N5O2+. The zero-order chi connectivity index (χ0) is 17.2. The van der Waals surface area contributed by atoms with Crippen LogP contribution in [-0.4, -0.2) is 48.5 Å². The molecule has 0 saturated carbocycles. The Kier molecular flexibility index (Phi) is 4.89. The number of rotatable bonds is 5. The Hall–Kier alpha value is -2.15. The van der Waals surface area contributed by atoms with Gasteiger partial charge in [0.05, 0.1) is 33.9 Å². The molecule has 126 valence electrons. The lowest BCUT2D eigenvalue weighted by molar-refractivity contribution is -0.886. The predicted octanol–water partition coefficient (Wildman–Crippen LogP) is 0.679. The molecule has 7 heteroatoms. The second-order valence-electron chi connectivity index (χ2n) is 6.74. The van der Waals surface area contributed by atoms with Gasteiger partial charge in [-0.2, -0.15) is 0 Å². The van der Waals surface area contributed by atoms with Crippen molar-refractivity contribution in [3.63, 3.8) is 0 Å². The lowest BCUT2D eigenvalue weighted by Gasteiger charge is -2.26. The number of ether oxygens (including phenoxy) is 2. The summed E-state index contributed by atoms with van der Waals surface area (Å²) in [4.78, 5) is 1.21. The zero-order valence-electron chi connectivity index (χ0n) is 14.9. The van der Waals surface area contributed by atoms with E-state index in [9.17, 15) is 0 Å².